The zero-order chi connectivity index (χ0) is 66.2. The number of rotatable bonds is 32. The van der Waals surface area contributed by atoms with Crippen molar-refractivity contribution < 1.29 is 83.5 Å². The van der Waals surface area contributed by atoms with Gasteiger partial charge in [-0.3, -0.25) is 48.5 Å². The van der Waals surface area contributed by atoms with Crippen LogP contribution in [-0.2, 0) is 83.5 Å². The third-order valence-electron chi connectivity index (χ3n) is 18.4. The Morgan fingerprint density at radius 3 is 1.39 bits per heavy atom. The number of hydrogen-bond donors (Lipinski definition) is 0. The molecule has 89 heavy (non-hydrogen) atoms. The van der Waals surface area contributed by atoms with E-state index in [9.17, 15) is 33.6 Å². The average Bonchev–Trinajstić information content (AvgIpc) is 1.57. The Labute approximate surface area is 540 Å². The number of allylic oxidation sites excluding steroid dienone is 6. The maximum absolute atomic E-state index is 14.7. The van der Waals surface area contributed by atoms with Gasteiger partial charge in [-0.1, -0.05) is 89.2 Å². The van der Waals surface area contributed by atoms with Crippen molar-refractivity contribution in [1.82, 2.24) is 0 Å². The van der Waals surface area contributed by atoms with Gasteiger partial charge in [-0.15, -0.1) is 5.70 Å². The third-order valence-corrected chi connectivity index (χ3v) is 18.4. The van der Waals surface area contributed by atoms with Crippen LogP contribution in [0.1, 0.15) is 219 Å². The summed E-state index contributed by atoms with van der Waals surface area (Å²) in [5.41, 5.74) is -0.801. The van der Waals surface area contributed by atoms with Crippen LogP contribution in [0, 0.1) is 69.0 Å². The van der Waals surface area contributed by atoms with Crippen LogP contribution in [0.3, 0.4) is 0 Å². The molecule has 0 N–H and O–H groups in total. The minimum atomic E-state index is -1.40. The third kappa shape index (κ3) is 18.7. The molecular formula is C68H101CoN6O14. The van der Waals surface area contributed by atoms with Crippen molar-refractivity contribution in [2.24, 2.45) is 60.3 Å². The van der Waals surface area contributed by atoms with E-state index in [2.05, 4.69) is 13.8 Å². The van der Waals surface area contributed by atoms with Crippen molar-refractivity contribution in [3.05, 3.63) is 52.8 Å². The van der Waals surface area contributed by atoms with Crippen LogP contribution in [0.5, 0.6) is 0 Å². The molecule has 9 unspecified atom stereocenters. The Bertz CT molecular complexity index is 2700. The SMILES string of the molecule is CCCOC(=O)CCC1C2=C(C)C3=NC(C(CC(=O)OCCC)C3(C)CCC(=O)OCCC)C3(C)N=C(C(C)=C4[N-]C(=CC(=N2)C1(C)C)C(CCC(=O)OCCC)C4(C)CC(=O)OCCC)C(CCC(=O)OCCC)C3(C)CC(=O)OCCC.[C-]#N.[C-]#N.[Co+3]. The summed E-state index contributed by atoms with van der Waals surface area (Å²) in [6.07, 6.45) is 6.80. The Morgan fingerprint density at radius 2 is 0.933 bits per heavy atom. The predicted molar refractivity (Wildman–Crippen MR) is 333 cm³/mol. The first-order valence-electron chi connectivity index (χ1n) is 32.0. The molecule has 496 valence electrons. The second kappa shape index (κ2) is 36.6. The number of esters is 7. The van der Waals surface area contributed by atoms with Gasteiger partial charge in [0, 0.05) is 82.5 Å². The van der Waals surface area contributed by atoms with E-state index >= 15 is 0 Å². The Kier molecular flexibility index (Phi) is 32.4. The van der Waals surface area contributed by atoms with Gasteiger partial charge in [0.1, 0.15) is 0 Å². The molecule has 0 amide bonds. The fourth-order valence-corrected chi connectivity index (χ4v) is 13.5. The molecule has 0 spiro atoms. The van der Waals surface area contributed by atoms with Crippen molar-refractivity contribution in [3.63, 3.8) is 0 Å². The molecule has 5 aliphatic heterocycles. The molecule has 0 aromatic carbocycles. The van der Waals surface area contributed by atoms with Crippen LogP contribution in [0.25, 0.3) is 5.32 Å². The summed E-state index contributed by atoms with van der Waals surface area (Å²) >= 11 is 0. The monoisotopic (exact) mass is 1280 g/mol. The summed E-state index contributed by atoms with van der Waals surface area (Å²) < 4.78 is 40.6. The molecule has 9 atom stereocenters. The minimum Gasteiger partial charge on any atom is -0.664 e. The van der Waals surface area contributed by atoms with Crippen LogP contribution in [-0.4, -0.2) is 117 Å². The molecule has 1 fully saturated rings. The fraction of sp³-hybridized carbons (Fsp3) is 0.735. The first-order chi connectivity index (χ1) is 41.8. The molecule has 0 aromatic rings. The maximum atomic E-state index is 14.7. The fourth-order valence-electron chi connectivity index (χ4n) is 13.5. The van der Waals surface area contributed by atoms with Crippen molar-refractivity contribution in [3.8, 4) is 0 Å². The zero-order valence-electron chi connectivity index (χ0n) is 55.9. The first kappa shape index (κ1) is 78.9. The van der Waals surface area contributed by atoms with E-state index in [4.69, 9.17) is 77.1 Å². The largest absolute Gasteiger partial charge is 3.00 e. The van der Waals surface area contributed by atoms with E-state index in [0.717, 1.165) is 0 Å². The van der Waals surface area contributed by atoms with Crippen LogP contribution in [0.2, 0.25) is 0 Å². The molecule has 1 saturated heterocycles. The molecule has 0 saturated carbocycles. The van der Waals surface area contributed by atoms with Gasteiger partial charge in [-0.2, -0.15) is 5.70 Å². The quantitative estimate of drug-likeness (QED) is 0.0344. The molecular weight excluding hydrogens is 1180 g/mol. The van der Waals surface area contributed by atoms with Gasteiger partial charge < -0.3 is 62.1 Å². The molecule has 21 heteroatoms. The average molecular weight is 1290 g/mol. The number of ether oxygens (including phenoxy) is 7. The molecule has 20 nitrogen and oxygen atoms in total. The summed E-state index contributed by atoms with van der Waals surface area (Å²) in [7, 11) is 0. The molecule has 5 heterocycles. The number of aliphatic imine (C=N–C) groups is 3. The van der Waals surface area contributed by atoms with Gasteiger partial charge in [0.25, 0.3) is 0 Å². The molecule has 5 rings (SSSR count). The van der Waals surface area contributed by atoms with Crippen molar-refractivity contribution in [2.75, 3.05) is 46.2 Å². The van der Waals surface area contributed by atoms with E-state index < -0.39 is 86.8 Å². The van der Waals surface area contributed by atoms with Gasteiger partial charge in [0.15, 0.2) is 0 Å². The van der Waals surface area contributed by atoms with E-state index in [1.807, 2.05) is 96.1 Å². The molecule has 0 radical (unpaired) electrons. The second-order valence-electron chi connectivity index (χ2n) is 25.2. The molecule has 5 aliphatic rings. The second-order valence-corrected chi connectivity index (χ2v) is 25.2. The Hall–Kier alpha value is -6.19. The Balaban J connectivity index is 0.00000529. The van der Waals surface area contributed by atoms with Crippen LogP contribution in [0.15, 0.2) is 49.3 Å². The minimum absolute atomic E-state index is 0. The number of fused-ring (bicyclic) bond motifs is 6. The van der Waals surface area contributed by atoms with Crippen LogP contribution < -0.4 is 0 Å². The van der Waals surface area contributed by atoms with Crippen molar-refractivity contribution in [1.29, 1.82) is 10.5 Å². The van der Waals surface area contributed by atoms with Gasteiger partial charge in [-0.05, 0) is 114 Å². The number of carbonyl (C=O) groups is 7. The summed E-state index contributed by atoms with van der Waals surface area (Å²) in [5, 5.41) is 18.1. The summed E-state index contributed by atoms with van der Waals surface area (Å²) in [4.78, 5) is 116. The number of hydrogen-bond acceptors (Lipinski definition) is 19. The molecule has 0 aromatic heterocycles. The standard InChI is InChI=1S/C66H101N4O14.2CN.Co/c1-16-31-78-50(71)26-23-44-48-39-49-62(10,11)45(24-27-51(72)79-32-17-2)57(68-49)42(8)59-63(12,30-29-53(74)81-34-19-4)47(38-54(75)82-35-20-5)61(69-59)66(15)65(14,41-56(77)84-37-22-7)46(25-28-52(73)80-33-18-3)58(70-66)43(9)60(67-48)64(44,13)40-55(76)83-36-21-6;2*1-2;/h39,44-47,61H,16-38,40-41H2,1-15H3;;;/q3*-1;+3. The topological polar surface area (TPSA) is 283 Å². The van der Waals surface area contributed by atoms with Crippen LogP contribution in [0.4, 0.5) is 0 Å². The van der Waals surface area contributed by atoms with Crippen molar-refractivity contribution >= 4 is 58.9 Å². The zero-order valence-corrected chi connectivity index (χ0v) is 56.9. The summed E-state index contributed by atoms with van der Waals surface area (Å²) in [6.45, 7) is 40.6. The predicted octanol–water partition coefficient (Wildman–Crippen LogP) is 13.0. The number of carbonyl (C=O) groups excluding carboxylic acids is 7. The van der Waals surface area contributed by atoms with Gasteiger partial charge in [-0.25, -0.2) is 0 Å². The van der Waals surface area contributed by atoms with E-state index in [1.165, 1.54) is 0 Å². The van der Waals surface area contributed by atoms with E-state index in [0.29, 0.717) is 96.7 Å². The Morgan fingerprint density at radius 1 is 0.528 bits per heavy atom. The summed E-state index contributed by atoms with van der Waals surface area (Å²) in [6, 6.07) is -0.903. The van der Waals surface area contributed by atoms with Gasteiger partial charge in [0.05, 0.1) is 77.1 Å². The van der Waals surface area contributed by atoms with E-state index in [1.54, 1.807) is 0 Å². The molecule has 0 aliphatic carbocycles. The smallest absolute Gasteiger partial charge is 0.664 e. The number of nitrogens with zero attached hydrogens (tertiary/aromatic N) is 6. The summed E-state index contributed by atoms with van der Waals surface area (Å²) in [5.74, 6) is -5.37. The van der Waals surface area contributed by atoms with Crippen LogP contribution >= 0.6 is 0 Å². The van der Waals surface area contributed by atoms with Crippen molar-refractivity contribution in [2.45, 2.75) is 231 Å². The van der Waals surface area contributed by atoms with Gasteiger partial charge >= 0.3 is 58.6 Å². The van der Waals surface area contributed by atoms with Gasteiger partial charge in [0.2, 0.25) is 0 Å². The van der Waals surface area contributed by atoms with E-state index in [-0.39, 0.29) is 139 Å². The normalized spacial score (nSPS) is 26.0. The first-order valence-corrected chi connectivity index (χ1v) is 32.0. The maximum Gasteiger partial charge on any atom is 3.00 e. The molecule has 8 bridgehead atoms.